The maximum atomic E-state index is 12.7. The first-order valence-corrected chi connectivity index (χ1v) is 11.5. The van der Waals surface area contributed by atoms with Crippen molar-refractivity contribution in [1.82, 2.24) is 0 Å². The van der Waals surface area contributed by atoms with Crippen LogP contribution in [0.15, 0.2) is 112 Å². The van der Waals surface area contributed by atoms with Crippen molar-refractivity contribution in [2.75, 3.05) is 0 Å². The zero-order chi connectivity index (χ0) is 21.0. The van der Waals surface area contributed by atoms with Crippen molar-refractivity contribution in [3.63, 3.8) is 0 Å². The molecule has 6 heteroatoms. The van der Waals surface area contributed by atoms with E-state index in [1.807, 2.05) is 60.7 Å². The molecule has 0 bridgehead atoms. The number of alkyl halides is 3. The summed E-state index contributed by atoms with van der Waals surface area (Å²) in [6.45, 7) is 0.117. The summed E-state index contributed by atoms with van der Waals surface area (Å²) in [6.07, 6.45) is -4.31. The van der Waals surface area contributed by atoms with E-state index in [-0.39, 0.29) is 6.61 Å². The summed E-state index contributed by atoms with van der Waals surface area (Å²) in [4.78, 5) is 3.64. The van der Waals surface area contributed by atoms with Crippen molar-refractivity contribution in [1.29, 1.82) is 0 Å². The Bertz CT molecular complexity index is 1040. The van der Waals surface area contributed by atoms with E-state index in [9.17, 15) is 13.2 Å². The number of hydrogen-bond donors (Lipinski definition) is 1. The first-order chi connectivity index (χ1) is 14.5. The van der Waals surface area contributed by atoms with Gasteiger partial charge in [0.25, 0.3) is 0 Å². The molecule has 0 spiro atoms. The van der Waals surface area contributed by atoms with Crippen LogP contribution in [0.25, 0.3) is 0 Å². The van der Waals surface area contributed by atoms with Crippen LogP contribution in [0, 0.1) is 0 Å². The highest BCUT2D eigenvalue weighted by Gasteiger charge is 2.32. The van der Waals surface area contributed by atoms with Gasteiger partial charge in [0.1, 0.15) is 17.2 Å². The average Bonchev–Trinajstić information content (AvgIpc) is 3.25. The van der Waals surface area contributed by atoms with Crippen molar-refractivity contribution in [2.24, 2.45) is 0 Å². The Labute approximate surface area is 180 Å². The molecule has 1 heterocycles. The predicted molar refractivity (Wildman–Crippen MR) is 117 cm³/mol. The molecule has 0 amide bonds. The number of halogens is 3. The summed E-state index contributed by atoms with van der Waals surface area (Å²) in [6, 6.07) is 31.1. The van der Waals surface area contributed by atoms with Gasteiger partial charge in [-0.1, -0.05) is 36.4 Å². The second-order valence-corrected chi connectivity index (χ2v) is 9.94. The smallest absolute Gasteiger partial charge is 0.425 e. The van der Waals surface area contributed by atoms with Gasteiger partial charge in [0.15, 0.2) is 0 Å². The number of ether oxygens (including phenoxy) is 1. The Balaban J connectivity index is 1.52. The standard InChI is InChI=1S/C24H19F3OS2/c25-24(26,27)23-16-13-19(29-23)17-28-18-11-14-22(15-12-18)30(20-7-3-1-4-8-20)21-9-5-2-6-10-21/h1-16,30H,17H2. The van der Waals surface area contributed by atoms with Gasteiger partial charge in [0, 0.05) is 4.88 Å². The summed E-state index contributed by atoms with van der Waals surface area (Å²) in [5, 5.41) is 0. The van der Waals surface area contributed by atoms with Crippen LogP contribution in [0.3, 0.4) is 0 Å². The second kappa shape index (κ2) is 8.98. The van der Waals surface area contributed by atoms with Gasteiger partial charge in [-0.25, -0.2) is 0 Å². The van der Waals surface area contributed by atoms with Crippen LogP contribution < -0.4 is 4.74 Å². The SMILES string of the molecule is FC(F)(F)c1ccc(COc2ccc([SH](c3ccccc3)c3ccccc3)cc2)s1. The van der Waals surface area contributed by atoms with Gasteiger partial charge >= 0.3 is 6.18 Å². The third kappa shape index (κ3) is 4.89. The fraction of sp³-hybridized carbons (Fsp3) is 0.0833. The fourth-order valence-corrected chi connectivity index (χ4v) is 6.13. The quantitative estimate of drug-likeness (QED) is 0.298. The van der Waals surface area contributed by atoms with Crippen LogP contribution in [-0.4, -0.2) is 0 Å². The molecule has 30 heavy (non-hydrogen) atoms. The molecule has 0 radical (unpaired) electrons. The molecule has 0 saturated carbocycles. The maximum Gasteiger partial charge on any atom is 0.425 e. The molecule has 1 nitrogen and oxygen atoms in total. The van der Waals surface area contributed by atoms with E-state index in [0.717, 1.165) is 6.07 Å². The summed E-state index contributed by atoms with van der Waals surface area (Å²) in [5.74, 6) is 0.636. The molecular formula is C24H19F3OS2. The Hall–Kier alpha value is -2.70. The highest BCUT2D eigenvalue weighted by molar-refractivity contribution is 8.17. The molecule has 4 aromatic rings. The van der Waals surface area contributed by atoms with Crippen LogP contribution in [0.4, 0.5) is 13.2 Å². The lowest BCUT2D eigenvalue weighted by molar-refractivity contribution is -0.134. The summed E-state index contributed by atoms with van der Waals surface area (Å²) < 4.78 is 43.9. The topological polar surface area (TPSA) is 9.23 Å². The van der Waals surface area contributed by atoms with Crippen LogP contribution in [-0.2, 0) is 12.8 Å². The van der Waals surface area contributed by atoms with Crippen LogP contribution in [0.1, 0.15) is 9.75 Å². The highest BCUT2D eigenvalue weighted by Crippen LogP contribution is 2.51. The lowest BCUT2D eigenvalue weighted by Gasteiger charge is -2.23. The zero-order valence-corrected chi connectivity index (χ0v) is 17.6. The summed E-state index contributed by atoms with van der Waals surface area (Å²) in [7, 11) is -0.700. The van der Waals surface area contributed by atoms with Gasteiger partial charge in [-0.15, -0.1) is 11.3 Å². The maximum absolute atomic E-state index is 12.7. The molecular weight excluding hydrogens is 425 g/mol. The lowest BCUT2D eigenvalue weighted by atomic mass is 10.3. The predicted octanol–water partition coefficient (Wildman–Crippen LogP) is 7.82. The van der Waals surface area contributed by atoms with E-state index in [0.29, 0.717) is 22.0 Å². The van der Waals surface area contributed by atoms with E-state index in [2.05, 4.69) is 24.3 Å². The second-order valence-electron chi connectivity index (χ2n) is 6.55. The normalized spacial score (nSPS) is 11.9. The van der Waals surface area contributed by atoms with Crippen molar-refractivity contribution in [2.45, 2.75) is 27.5 Å². The van der Waals surface area contributed by atoms with Crippen molar-refractivity contribution < 1.29 is 17.9 Å². The van der Waals surface area contributed by atoms with Crippen LogP contribution in [0.2, 0.25) is 0 Å². The van der Waals surface area contributed by atoms with E-state index in [1.54, 1.807) is 0 Å². The minimum absolute atomic E-state index is 0.117. The molecule has 0 aliphatic rings. The Morgan fingerprint density at radius 1 is 0.667 bits per heavy atom. The molecule has 0 aliphatic carbocycles. The van der Waals surface area contributed by atoms with Gasteiger partial charge < -0.3 is 4.74 Å². The first kappa shape index (κ1) is 20.6. The Morgan fingerprint density at radius 3 is 1.70 bits per heavy atom. The third-order valence-corrected chi connectivity index (χ3v) is 7.99. The van der Waals surface area contributed by atoms with E-state index >= 15 is 0 Å². The lowest BCUT2D eigenvalue weighted by Crippen LogP contribution is -2.00. The Morgan fingerprint density at radius 2 is 1.20 bits per heavy atom. The molecule has 0 saturated heterocycles. The van der Waals surface area contributed by atoms with E-state index in [4.69, 9.17) is 4.74 Å². The molecule has 0 atom stereocenters. The Kier molecular flexibility index (Phi) is 6.16. The molecule has 3 aromatic carbocycles. The van der Waals surface area contributed by atoms with E-state index in [1.165, 1.54) is 20.8 Å². The number of thiophene rings is 1. The van der Waals surface area contributed by atoms with E-state index < -0.39 is 21.9 Å². The summed E-state index contributed by atoms with van der Waals surface area (Å²) >= 11 is 0.715. The highest BCUT2D eigenvalue weighted by atomic mass is 32.2. The van der Waals surface area contributed by atoms with Gasteiger partial charge in [-0.05, 0) is 75.4 Å². The molecule has 0 fully saturated rings. The minimum atomic E-state index is -4.31. The molecule has 0 unspecified atom stereocenters. The average molecular weight is 445 g/mol. The van der Waals surface area contributed by atoms with Gasteiger partial charge in [0.2, 0.25) is 0 Å². The van der Waals surface area contributed by atoms with Crippen molar-refractivity contribution in [3.05, 3.63) is 107 Å². The number of benzene rings is 3. The van der Waals surface area contributed by atoms with Gasteiger partial charge in [0.05, 0.1) is 0 Å². The number of hydrogen-bond acceptors (Lipinski definition) is 2. The van der Waals surface area contributed by atoms with Crippen molar-refractivity contribution >= 4 is 22.2 Å². The molecule has 154 valence electrons. The fourth-order valence-electron chi connectivity index (χ4n) is 3.06. The number of thiol groups is 1. The largest absolute Gasteiger partial charge is 0.488 e. The first-order valence-electron chi connectivity index (χ1n) is 9.30. The van der Waals surface area contributed by atoms with Gasteiger partial charge in [-0.3, -0.25) is 0 Å². The van der Waals surface area contributed by atoms with Crippen LogP contribution >= 0.6 is 22.2 Å². The number of rotatable bonds is 6. The monoisotopic (exact) mass is 444 g/mol. The minimum Gasteiger partial charge on any atom is -0.488 e. The molecule has 0 N–H and O–H groups in total. The zero-order valence-electron chi connectivity index (χ0n) is 15.8. The summed E-state index contributed by atoms with van der Waals surface area (Å²) in [5.41, 5.74) is 0. The van der Waals surface area contributed by atoms with Crippen LogP contribution in [0.5, 0.6) is 5.75 Å². The van der Waals surface area contributed by atoms with Crippen molar-refractivity contribution in [3.8, 4) is 5.75 Å². The molecule has 4 rings (SSSR count). The molecule has 0 aliphatic heterocycles. The third-order valence-electron chi connectivity index (χ3n) is 4.45. The van der Waals surface area contributed by atoms with Gasteiger partial charge in [-0.2, -0.15) is 24.1 Å². The molecule has 1 aromatic heterocycles.